The molecule has 0 radical (unpaired) electrons. The van der Waals surface area contributed by atoms with E-state index >= 15 is 0 Å². The summed E-state index contributed by atoms with van der Waals surface area (Å²) in [4.78, 5) is 33.1. The molecule has 0 bridgehead atoms. The Morgan fingerprint density at radius 1 is 1.10 bits per heavy atom. The van der Waals surface area contributed by atoms with E-state index < -0.39 is 21.5 Å². The van der Waals surface area contributed by atoms with Gasteiger partial charge in [0.15, 0.2) is 9.84 Å². The van der Waals surface area contributed by atoms with Crippen LogP contribution in [-0.4, -0.2) is 81.3 Å². The van der Waals surface area contributed by atoms with Gasteiger partial charge in [0.2, 0.25) is 5.91 Å². The average molecular weight is 573 g/mol. The number of sulfone groups is 1. The van der Waals surface area contributed by atoms with E-state index in [0.717, 1.165) is 11.1 Å². The average Bonchev–Trinajstić information content (AvgIpc) is 3.35. The lowest BCUT2D eigenvalue weighted by atomic mass is 10.1. The molecule has 40 heavy (non-hydrogen) atoms. The van der Waals surface area contributed by atoms with Crippen LogP contribution in [0.25, 0.3) is 0 Å². The van der Waals surface area contributed by atoms with Crippen molar-refractivity contribution in [3.63, 3.8) is 0 Å². The maximum atomic E-state index is 12.9. The van der Waals surface area contributed by atoms with Crippen LogP contribution in [0, 0.1) is 13.8 Å². The van der Waals surface area contributed by atoms with Crippen molar-refractivity contribution in [2.75, 3.05) is 39.7 Å². The molecule has 0 fully saturated rings. The molecule has 0 saturated carbocycles. The second kappa shape index (κ2) is 12.8. The van der Waals surface area contributed by atoms with Crippen molar-refractivity contribution in [2.45, 2.75) is 58.1 Å². The summed E-state index contributed by atoms with van der Waals surface area (Å²) in [6, 6.07) is 11.0. The van der Waals surface area contributed by atoms with Gasteiger partial charge in [0.25, 0.3) is 0 Å². The van der Waals surface area contributed by atoms with E-state index in [1.165, 1.54) is 0 Å². The fourth-order valence-corrected chi connectivity index (χ4v) is 6.15. The van der Waals surface area contributed by atoms with Crippen LogP contribution in [-0.2, 0) is 25.9 Å². The standard InChI is InChI=1S/C29H40N4O6S/c1-20-16-24(38-7)17-21(2)26(20)40(36,37)19-30-13-12-25(34)32(6)18-22-8-10-23(11-9-22)27-31-14-15-33(27)28(35)39-29(3,4)5/h8-11,16-17,30H,12-15,18-19H2,1-7H3. The van der Waals surface area contributed by atoms with Crippen LogP contribution in [0.2, 0.25) is 0 Å². The zero-order valence-electron chi connectivity index (χ0n) is 24.4. The van der Waals surface area contributed by atoms with Gasteiger partial charge in [-0.05, 0) is 63.4 Å². The molecular formula is C29H40N4O6S. The van der Waals surface area contributed by atoms with Gasteiger partial charge < -0.3 is 19.7 Å². The van der Waals surface area contributed by atoms with Crippen LogP contribution in [0.15, 0.2) is 46.3 Å². The number of hydrogen-bond acceptors (Lipinski definition) is 8. The molecule has 3 rings (SSSR count). The maximum absolute atomic E-state index is 12.9. The largest absolute Gasteiger partial charge is 0.497 e. The van der Waals surface area contributed by atoms with Gasteiger partial charge in [0, 0.05) is 32.1 Å². The van der Waals surface area contributed by atoms with Gasteiger partial charge in [-0.15, -0.1) is 0 Å². The number of nitrogens with one attached hydrogen (secondary N) is 1. The number of hydrogen-bond donors (Lipinski definition) is 1. The number of amides is 2. The predicted octanol–water partition coefficient (Wildman–Crippen LogP) is 3.68. The Balaban J connectivity index is 1.50. The Kier molecular flexibility index (Phi) is 9.96. The molecule has 1 heterocycles. The maximum Gasteiger partial charge on any atom is 0.416 e. The third kappa shape index (κ3) is 8.04. The lowest BCUT2D eigenvalue weighted by Gasteiger charge is -2.25. The van der Waals surface area contributed by atoms with Gasteiger partial charge in [-0.3, -0.25) is 14.7 Å². The highest BCUT2D eigenvalue weighted by atomic mass is 32.2. The number of aryl methyl sites for hydroxylation is 2. The van der Waals surface area contributed by atoms with E-state index in [0.29, 0.717) is 42.3 Å². The van der Waals surface area contributed by atoms with Crippen LogP contribution in [0.5, 0.6) is 5.75 Å². The summed E-state index contributed by atoms with van der Waals surface area (Å²) in [5.74, 6) is 0.817. The first kappa shape index (κ1) is 31.1. The lowest BCUT2D eigenvalue weighted by molar-refractivity contribution is -0.130. The highest BCUT2D eigenvalue weighted by Crippen LogP contribution is 2.26. The van der Waals surface area contributed by atoms with Crippen molar-refractivity contribution in [1.82, 2.24) is 15.1 Å². The summed E-state index contributed by atoms with van der Waals surface area (Å²) in [5.41, 5.74) is 2.37. The van der Waals surface area contributed by atoms with Gasteiger partial charge in [-0.2, -0.15) is 0 Å². The van der Waals surface area contributed by atoms with E-state index in [1.54, 1.807) is 49.9 Å². The third-order valence-electron chi connectivity index (χ3n) is 6.30. The fourth-order valence-electron chi connectivity index (χ4n) is 4.49. The van der Waals surface area contributed by atoms with Gasteiger partial charge in [-0.25, -0.2) is 13.2 Å². The van der Waals surface area contributed by atoms with Crippen molar-refractivity contribution in [3.05, 3.63) is 58.7 Å². The van der Waals surface area contributed by atoms with Crippen molar-refractivity contribution >= 4 is 27.7 Å². The molecule has 11 heteroatoms. The molecule has 2 amide bonds. The van der Waals surface area contributed by atoms with E-state index in [2.05, 4.69) is 10.3 Å². The van der Waals surface area contributed by atoms with Gasteiger partial charge >= 0.3 is 6.09 Å². The minimum atomic E-state index is -3.58. The number of rotatable bonds is 10. The van der Waals surface area contributed by atoms with Crippen LogP contribution < -0.4 is 10.1 Å². The van der Waals surface area contributed by atoms with Gasteiger partial charge in [0.1, 0.15) is 23.1 Å². The van der Waals surface area contributed by atoms with Crippen molar-refractivity contribution in [2.24, 2.45) is 4.99 Å². The minimum Gasteiger partial charge on any atom is -0.497 e. The van der Waals surface area contributed by atoms with Crippen LogP contribution >= 0.6 is 0 Å². The van der Waals surface area contributed by atoms with Crippen molar-refractivity contribution in [1.29, 1.82) is 0 Å². The molecule has 0 atom stereocenters. The molecular weight excluding hydrogens is 532 g/mol. The van der Waals surface area contributed by atoms with Crippen LogP contribution in [0.1, 0.15) is 49.4 Å². The first-order chi connectivity index (χ1) is 18.7. The first-order valence-corrected chi connectivity index (χ1v) is 14.8. The Morgan fingerprint density at radius 2 is 1.73 bits per heavy atom. The summed E-state index contributed by atoms with van der Waals surface area (Å²) < 4.78 is 36.5. The van der Waals surface area contributed by atoms with E-state index in [-0.39, 0.29) is 29.6 Å². The normalized spacial score (nSPS) is 13.7. The number of carbonyl (C=O) groups is 2. The SMILES string of the molecule is COc1cc(C)c(S(=O)(=O)CNCCC(=O)N(C)Cc2ccc(C3=NCCN3C(=O)OC(C)(C)C)cc2)c(C)c1. The summed E-state index contributed by atoms with van der Waals surface area (Å²) >= 11 is 0. The Morgan fingerprint density at radius 3 is 2.30 bits per heavy atom. The van der Waals surface area contributed by atoms with E-state index in [9.17, 15) is 18.0 Å². The zero-order valence-corrected chi connectivity index (χ0v) is 25.2. The topological polar surface area (TPSA) is 118 Å². The zero-order chi connectivity index (χ0) is 29.7. The first-order valence-electron chi connectivity index (χ1n) is 13.2. The number of aliphatic imine (C=N–C) groups is 1. The Hall–Kier alpha value is -3.44. The van der Waals surface area contributed by atoms with Crippen molar-refractivity contribution in [3.8, 4) is 5.75 Å². The highest BCUT2D eigenvalue weighted by molar-refractivity contribution is 7.91. The summed E-state index contributed by atoms with van der Waals surface area (Å²) in [6.07, 6.45) is -0.263. The molecule has 0 spiro atoms. The number of ether oxygens (including phenoxy) is 2. The Labute approximate surface area is 237 Å². The molecule has 0 aromatic heterocycles. The second-order valence-corrected chi connectivity index (χ2v) is 12.8. The molecule has 218 valence electrons. The molecule has 0 aliphatic carbocycles. The molecule has 1 N–H and O–H groups in total. The second-order valence-electron chi connectivity index (χ2n) is 10.9. The predicted molar refractivity (Wildman–Crippen MR) is 154 cm³/mol. The number of nitrogens with zero attached hydrogens (tertiary/aromatic N) is 3. The van der Waals surface area contributed by atoms with E-state index in [1.807, 2.05) is 45.0 Å². The number of methoxy groups -OCH3 is 1. The quantitative estimate of drug-likeness (QED) is 0.432. The number of amidine groups is 1. The van der Waals surface area contributed by atoms with Crippen LogP contribution in [0.3, 0.4) is 0 Å². The molecule has 0 unspecified atom stereocenters. The third-order valence-corrected chi connectivity index (χ3v) is 8.15. The molecule has 2 aromatic carbocycles. The lowest BCUT2D eigenvalue weighted by Crippen LogP contribution is -2.39. The summed E-state index contributed by atoms with van der Waals surface area (Å²) in [5, 5.41) is 2.90. The fraction of sp³-hybridized carbons (Fsp3) is 0.483. The Bertz CT molecular complexity index is 1340. The van der Waals surface area contributed by atoms with Crippen molar-refractivity contribution < 1.29 is 27.5 Å². The number of benzene rings is 2. The van der Waals surface area contributed by atoms with Gasteiger partial charge in [0.05, 0.1) is 25.1 Å². The monoisotopic (exact) mass is 572 g/mol. The van der Waals surface area contributed by atoms with Crippen LogP contribution in [0.4, 0.5) is 4.79 Å². The molecule has 10 nitrogen and oxygen atoms in total. The summed E-state index contributed by atoms with van der Waals surface area (Å²) in [7, 11) is -0.324. The molecule has 2 aromatic rings. The summed E-state index contributed by atoms with van der Waals surface area (Å²) in [6.45, 7) is 10.6. The highest BCUT2D eigenvalue weighted by Gasteiger charge is 2.29. The molecule has 1 aliphatic rings. The molecule has 0 saturated heterocycles. The molecule has 1 aliphatic heterocycles. The smallest absolute Gasteiger partial charge is 0.416 e. The van der Waals surface area contributed by atoms with E-state index in [4.69, 9.17) is 9.47 Å². The number of carbonyl (C=O) groups excluding carboxylic acids is 2. The minimum absolute atomic E-state index is 0.109. The van der Waals surface area contributed by atoms with Gasteiger partial charge in [-0.1, -0.05) is 24.3 Å².